The first-order valence-corrected chi connectivity index (χ1v) is 3.37. The molecule has 0 aliphatic heterocycles. The highest BCUT2D eigenvalue weighted by Crippen LogP contribution is 2.13. The largest absolute Gasteiger partial charge is 0.361 e. The summed E-state index contributed by atoms with van der Waals surface area (Å²) < 4.78 is 4.99. The summed E-state index contributed by atoms with van der Waals surface area (Å²) in [6.45, 7) is 4.52. The number of aromatic nitrogens is 1. The number of rotatable bonds is 2. The average Bonchev–Trinajstić information content (AvgIpc) is 2.34. The number of hydrogen-bond donors (Lipinski definition) is 1. The summed E-state index contributed by atoms with van der Waals surface area (Å²) in [7, 11) is 0. The van der Waals surface area contributed by atoms with Crippen LogP contribution in [0.1, 0.15) is 24.3 Å². The lowest BCUT2D eigenvalue weighted by Gasteiger charge is -1.99. The molecule has 1 unspecified atom stereocenters. The van der Waals surface area contributed by atoms with Gasteiger partial charge in [0, 0.05) is 18.5 Å². The van der Waals surface area contributed by atoms with E-state index in [1.165, 1.54) is 0 Å². The van der Waals surface area contributed by atoms with E-state index in [-0.39, 0.29) is 5.92 Å². The minimum absolute atomic E-state index is 0.279. The van der Waals surface area contributed by atoms with E-state index >= 15 is 0 Å². The Kier molecular flexibility index (Phi) is 2.06. The van der Waals surface area contributed by atoms with Gasteiger partial charge in [0.15, 0.2) is 0 Å². The highest BCUT2D eigenvalue weighted by atomic mass is 16.5. The lowest BCUT2D eigenvalue weighted by Crippen LogP contribution is -2.07. The number of aryl methyl sites for hydroxylation is 1. The Morgan fingerprint density at radius 3 is 2.90 bits per heavy atom. The molecule has 0 bridgehead atoms. The molecule has 0 amide bonds. The third kappa shape index (κ3) is 1.36. The van der Waals surface area contributed by atoms with Crippen LogP contribution in [0.15, 0.2) is 10.6 Å². The van der Waals surface area contributed by atoms with E-state index in [2.05, 4.69) is 5.16 Å². The molecular formula is C7H12N2O. The van der Waals surface area contributed by atoms with Gasteiger partial charge in [0.05, 0.1) is 5.69 Å². The number of nitrogens with two attached hydrogens (primary N) is 1. The first-order chi connectivity index (χ1) is 4.74. The van der Waals surface area contributed by atoms with Crippen LogP contribution >= 0.6 is 0 Å². The van der Waals surface area contributed by atoms with E-state index < -0.39 is 0 Å². The first-order valence-electron chi connectivity index (χ1n) is 3.37. The molecule has 56 valence electrons. The highest BCUT2D eigenvalue weighted by Gasteiger charge is 2.07. The van der Waals surface area contributed by atoms with Crippen molar-refractivity contribution in [2.75, 3.05) is 6.54 Å². The van der Waals surface area contributed by atoms with Gasteiger partial charge < -0.3 is 10.3 Å². The van der Waals surface area contributed by atoms with Crippen LogP contribution in [-0.4, -0.2) is 11.7 Å². The van der Waals surface area contributed by atoms with Crippen molar-refractivity contribution < 1.29 is 4.52 Å². The van der Waals surface area contributed by atoms with Gasteiger partial charge in [0.2, 0.25) is 0 Å². The summed E-state index contributed by atoms with van der Waals surface area (Å²) in [6, 6.07) is 1.91. The molecule has 2 N–H and O–H groups in total. The predicted molar refractivity (Wildman–Crippen MR) is 38.7 cm³/mol. The van der Waals surface area contributed by atoms with Crippen LogP contribution in [0.2, 0.25) is 0 Å². The summed E-state index contributed by atoms with van der Waals surface area (Å²) in [5, 5.41) is 3.76. The molecule has 0 saturated carbocycles. The second kappa shape index (κ2) is 2.84. The molecule has 0 saturated heterocycles. The van der Waals surface area contributed by atoms with Gasteiger partial charge in [-0.2, -0.15) is 0 Å². The fourth-order valence-electron chi connectivity index (χ4n) is 0.732. The molecule has 0 spiro atoms. The lowest BCUT2D eigenvalue weighted by molar-refractivity contribution is 0.364. The zero-order valence-electron chi connectivity index (χ0n) is 6.29. The summed E-state index contributed by atoms with van der Waals surface area (Å²) in [5.74, 6) is 1.15. The SMILES string of the molecule is Cc1cc(C(C)CN)on1. The monoisotopic (exact) mass is 140 g/mol. The molecule has 0 aromatic carbocycles. The van der Waals surface area contributed by atoms with Crippen molar-refractivity contribution in [3.05, 3.63) is 17.5 Å². The van der Waals surface area contributed by atoms with Gasteiger partial charge in [-0.05, 0) is 6.92 Å². The highest BCUT2D eigenvalue weighted by molar-refractivity contribution is 5.07. The Balaban J connectivity index is 2.74. The molecule has 0 fully saturated rings. The topological polar surface area (TPSA) is 52.0 Å². The molecule has 3 nitrogen and oxygen atoms in total. The maximum Gasteiger partial charge on any atom is 0.141 e. The minimum atomic E-state index is 0.279. The molecule has 0 aliphatic rings. The van der Waals surface area contributed by atoms with Gasteiger partial charge in [0.25, 0.3) is 0 Å². The molecule has 1 aromatic rings. The third-order valence-corrected chi connectivity index (χ3v) is 1.49. The Bertz CT molecular complexity index is 207. The lowest BCUT2D eigenvalue weighted by atomic mass is 10.1. The Hall–Kier alpha value is -0.830. The van der Waals surface area contributed by atoms with Crippen LogP contribution in [0.5, 0.6) is 0 Å². The smallest absolute Gasteiger partial charge is 0.141 e. The van der Waals surface area contributed by atoms with Crippen LogP contribution in [0, 0.1) is 6.92 Å². The first kappa shape index (κ1) is 7.28. The minimum Gasteiger partial charge on any atom is -0.361 e. The molecule has 1 atom stereocenters. The normalized spacial score (nSPS) is 13.5. The van der Waals surface area contributed by atoms with Crippen LogP contribution < -0.4 is 5.73 Å². The molecule has 1 heterocycles. The molecule has 10 heavy (non-hydrogen) atoms. The van der Waals surface area contributed by atoms with Gasteiger partial charge in [-0.1, -0.05) is 12.1 Å². The van der Waals surface area contributed by atoms with Gasteiger partial charge >= 0.3 is 0 Å². The van der Waals surface area contributed by atoms with Crippen molar-refractivity contribution in [1.29, 1.82) is 0 Å². The molecule has 1 aromatic heterocycles. The van der Waals surface area contributed by atoms with Crippen molar-refractivity contribution >= 4 is 0 Å². The van der Waals surface area contributed by atoms with Crippen molar-refractivity contribution in [3.63, 3.8) is 0 Å². The molecule has 3 heteroatoms. The van der Waals surface area contributed by atoms with E-state index in [1.54, 1.807) is 0 Å². The standard InChI is InChI=1S/C7H12N2O/c1-5(4-8)7-3-6(2)9-10-7/h3,5H,4,8H2,1-2H3. The van der Waals surface area contributed by atoms with E-state index in [0.29, 0.717) is 6.54 Å². The van der Waals surface area contributed by atoms with Gasteiger partial charge in [-0.25, -0.2) is 0 Å². The third-order valence-electron chi connectivity index (χ3n) is 1.49. The Morgan fingerprint density at radius 2 is 2.50 bits per heavy atom. The fourth-order valence-corrected chi connectivity index (χ4v) is 0.732. The second-order valence-electron chi connectivity index (χ2n) is 2.51. The van der Waals surface area contributed by atoms with E-state index in [0.717, 1.165) is 11.5 Å². The second-order valence-corrected chi connectivity index (χ2v) is 2.51. The molecule has 0 aliphatic carbocycles. The van der Waals surface area contributed by atoms with Crippen LogP contribution in [-0.2, 0) is 0 Å². The van der Waals surface area contributed by atoms with E-state index in [4.69, 9.17) is 10.3 Å². The van der Waals surface area contributed by atoms with Crippen molar-refractivity contribution in [2.45, 2.75) is 19.8 Å². The van der Waals surface area contributed by atoms with E-state index in [9.17, 15) is 0 Å². The van der Waals surface area contributed by atoms with Crippen LogP contribution in [0.3, 0.4) is 0 Å². The van der Waals surface area contributed by atoms with Crippen molar-refractivity contribution in [2.24, 2.45) is 5.73 Å². The summed E-state index contributed by atoms with van der Waals surface area (Å²) >= 11 is 0. The van der Waals surface area contributed by atoms with Gasteiger partial charge in [-0.3, -0.25) is 0 Å². The Morgan fingerprint density at radius 1 is 1.80 bits per heavy atom. The Labute approximate surface area is 60.2 Å². The predicted octanol–water partition coefficient (Wildman–Crippen LogP) is 1.05. The zero-order valence-corrected chi connectivity index (χ0v) is 6.29. The van der Waals surface area contributed by atoms with Crippen molar-refractivity contribution in [1.82, 2.24) is 5.16 Å². The molecule has 0 radical (unpaired) electrons. The fraction of sp³-hybridized carbons (Fsp3) is 0.571. The van der Waals surface area contributed by atoms with Gasteiger partial charge in [-0.15, -0.1) is 0 Å². The summed E-state index contributed by atoms with van der Waals surface area (Å²) in [4.78, 5) is 0. The van der Waals surface area contributed by atoms with Crippen LogP contribution in [0.25, 0.3) is 0 Å². The summed E-state index contributed by atoms with van der Waals surface area (Å²) in [5.41, 5.74) is 6.34. The quantitative estimate of drug-likeness (QED) is 0.667. The number of nitrogens with zero attached hydrogens (tertiary/aromatic N) is 1. The maximum absolute atomic E-state index is 5.43. The zero-order chi connectivity index (χ0) is 7.56. The molecule has 1 rings (SSSR count). The van der Waals surface area contributed by atoms with Crippen LogP contribution in [0.4, 0.5) is 0 Å². The summed E-state index contributed by atoms with van der Waals surface area (Å²) in [6.07, 6.45) is 0. The number of hydrogen-bond acceptors (Lipinski definition) is 3. The van der Waals surface area contributed by atoms with E-state index in [1.807, 2.05) is 19.9 Å². The van der Waals surface area contributed by atoms with Crippen molar-refractivity contribution in [3.8, 4) is 0 Å². The maximum atomic E-state index is 5.43. The van der Waals surface area contributed by atoms with Gasteiger partial charge in [0.1, 0.15) is 5.76 Å². The average molecular weight is 140 g/mol. The molecular weight excluding hydrogens is 128 g/mol.